The largest absolute Gasteiger partial charge is 0.428 e. The average Bonchev–Trinajstić information content (AvgIpc) is 2.84. The van der Waals surface area contributed by atoms with Crippen molar-refractivity contribution in [1.82, 2.24) is 0 Å². The molecule has 0 heterocycles. The summed E-state index contributed by atoms with van der Waals surface area (Å²) in [7, 11) is 0. The summed E-state index contributed by atoms with van der Waals surface area (Å²) in [6.45, 7) is 17.7. The lowest BCUT2D eigenvalue weighted by atomic mass is 9.85. The topological polar surface area (TPSA) is 78.9 Å². The van der Waals surface area contributed by atoms with Gasteiger partial charge in [-0.2, -0.15) is 0 Å². The first-order valence-electron chi connectivity index (χ1n) is 11.7. The third-order valence-electron chi connectivity index (χ3n) is 5.65. The molecule has 0 radical (unpaired) electrons. The first-order chi connectivity index (χ1) is 17.5. The van der Waals surface area contributed by atoms with Gasteiger partial charge in [-0.3, -0.25) is 0 Å². The Kier molecular flexibility index (Phi) is 8.45. The van der Waals surface area contributed by atoms with Gasteiger partial charge in [0, 0.05) is 28.7 Å². The van der Waals surface area contributed by atoms with E-state index in [-0.39, 0.29) is 11.5 Å². The van der Waals surface area contributed by atoms with Crippen LogP contribution >= 0.6 is 0 Å². The molecule has 1 atom stereocenters. The molecule has 0 N–H and O–H groups in total. The van der Waals surface area contributed by atoms with Crippen molar-refractivity contribution in [3.05, 3.63) is 102 Å². The van der Waals surface area contributed by atoms with E-state index in [0.717, 1.165) is 22.3 Å². The Morgan fingerprint density at radius 1 is 0.730 bits per heavy atom. The molecule has 0 fully saturated rings. The molecule has 0 amide bonds. The van der Waals surface area contributed by atoms with Gasteiger partial charge in [0.1, 0.15) is 17.3 Å². The molecule has 2 aromatic carbocycles. The number of carbonyl (C=O) groups is 3. The van der Waals surface area contributed by atoms with Gasteiger partial charge in [-0.25, -0.2) is 14.4 Å². The summed E-state index contributed by atoms with van der Waals surface area (Å²) in [5.74, 6) is -0.148. The van der Waals surface area contributed by atoms with Gasteiger partial charge in [-0.1, -0.05) is 50.9 Å². The van der Waals surface area contributed by atoms with E-state index in [2.05, 4.69) is 19.7 Å². The van der Waals surface area contributed by atoms with Gasteiger partial charge < -0.3 is 14.2 Å². The number of hydrogen-bond donors (Lipinski definition) is 0. The van der Waals surface area contributed by atoms with E-state index in [1.165, 1.54) is 0 Å². The fraction of sp³-hybridized carbons (Fsp3) is 0.194. The highest BCUT2D eigenvalue weighted by Crippen LogP contribution is 2.39. The number of benzene rings is 2. The molecule has 0 aliphatic heterocycles. The van der Waals surface area contributed by atoms with Crippen molar-refractivity contribution >= 4 is 23.5 Å². The predicted molar refractivity (Wildman–Crippen MR) is 144 cm³/mol. The Bertz CT molecular complexity index is 1350. The van der Waals surface area contributed by atoms with Crippen molar-refractivity contribution in [3.8, 4) is 22.6 Å². The molecular formula is C31H30O6. The third-order valence-corrected chi connectivity index (χ3v) is 5.65. The van der Waals surface area contributed by atoms with Crippen LogP contribution in [0.25, 0.3) is 16.7 Å². The van der Waals surface area contributed by atoms with Crippen molar-refractivity contribution in [2.45, 2.75) is 34.1 Å². The molecule has 0 saturated heterocycles. The summed E-state index contributed by atoms with van der Waals surface area (Å²) in [6.07, 6.45) is 4.11. The van der Waals surface area contributed by atoms with Gasteiger partial charge in [0.15, 0.2) is 0 Å². The minimum absolute atomic E-state index is 0.0283. The summed E-state index contributed by atoms with van der Waals surface area (Å²) >= 11 is 0. The van der Waals surface area contributed by atoms with E-state index in [9.17, 15) is 14.4 Å². The summed E-state index contributed by atoms with van der Waals surface area (Å²) < 4.78 is 16.3. The average molecular weight is 499 g/mol. The molecule has 2 aromatic rings. The van der Waals surface area contributed by atoms with Crippen molar-refractivity contribution < 1.29 is 28.6 Å². The Morgan fingerprint density at radius 2 is 1.27 bits per heavy atom. The van der Waals surface area contributed by atoms with Gasteiger partial charge in [0.25, 0.3) is 0 Å². The van der Waals surface area contributed by atoms with Crippen LogP contribution in [0.3, 0.4) is 0 Å². The molecule has 1 unspecified atom stereocenters. The molecule has 1 aliphatic carbocycles. The minimum atomic E-state index is -0.520. The van der Waals surface area contributed by atoms with Crippen molar-refractivity contribution in [2.24, 2.45) is 5.92 Å². The monoisotopic (exact) mass is 498 g/mol. The van der Waals surface area contributed by atoms with E-state index < -0.39 is 17.9 Å². The molecular weight excluding hydrogens is 468 g/mol. The van der Waals surface area contributed by atoms with Gasteiger partial charge in [-0.05, 0) is 73.7 Å². The summed E-state index contributed by atoms with van der Waals surface area (Å²) in [4.78, 5) is 36.1. The first-order valence-corrected chi connectivity index (χ1v) is 11.7. The molecule has 6 nitrogen and oxygen atoms in total. The van der Waals surface area contributed by atoms with Gasteiger partial charge in [0.05, 0.1) is 0 Å². The number of ether oxygens (including phenoxy) is 3. The van der Waals surface area contributed by atoms with Crippen molar-refractivity contribution in [3.63, 3.8) is 0 Å². The van der Waals surface area contributed by atoms with Crippen LogP contribution < -0.4 is 9.47 Å². The van der Waals surface area contributed by atoms with Crippen LogP contribution in [0.2, 0.25) is 0 Å². The fourth-order valence-corrected chi connectivity index (χ4v) is 3.58. The van der Waals surface area contributed by atoms with Crippen LogP contribution in [0.15, 0.2) is 96.8 Å². The molecule has 0 bridgehead atoms. The van der Waals surface area contributed by atoms with E-state index in [0.29, 0.717) is 34.8 Å². The highest BCUT2D eigenvalue weighted by atomic mass is 16.5. The molecule has 6 heteroatoms. The summed E-state index contributed by atoms with van der Waals surface area (Å²) in [6, 6.07) is 12.6. The number of hydrogen-bond acceptors (Lipinski definition) is 6. The molecule has 37 heavy (non-hydrogen) atoms. The Balaban J connectivity index is 1.99. The van der Waals surface area contributed by atoms with Gasteiger partial charge in [-0.15, -0.1) is 0 Å². The Labute approximate surface area is 217 Å². The Hall–Kier alpha value is -4.45. The zero-order valence-corrected chi connectivity index (χ0v) is 21.6. The molecule has 0 spiro atoms. The second kappa shape index (κ2) is 11.5. The number of rotatable bonds is 8. The predicted octanol–water partition coefficient (Wildman–Crippen LogP) is 6.74. The number of allylic oxidation sites excluding steroid dienone is 4. The maximum Gasteiger partial charge on any atom is 0.338 e. The second-order valence-electron chi connectivity index (χ2n) is 9.11. The normalized spacial score (nSPS) is 14.5. The maximum atomic E-state index is 12.3. The fourth-order valence-electron chi connectivity index (χ4n) is 3.58. The molecule has 3 rings (SSSR count). The molecule has 1 aliphatic rings. The van der Waals surface area contributed by atoms with Crippen molar-refractivity contribution in [1.29, 1.82) is 0 Å². The SMILES string of the molecule is C=C(C)C(=O)OC1=CC=C(c2cc(-c3ccc(OC(=O)C(=C)C)cc3)ccc2OC(=O)C(=C)C)C(C)C1. The lowest BCUT2D eigenvalue weighted by Gasteiger charge is -2.24. The zero-order chi connectivity index (χ0) is 27.3. The van der Waals surface area contributed by atoms with Crippen LogP contribution in [0, 0.1) is 5.92 Å². The number of esters is 3. The molecule has 0 saturated carbocycles. The number of carbonyl (C=O) groups excluding carboxylic acids is 3. The summed E-state index contributed by atoms with van der Waals surface area (Å²) in [5.41, 5.74) is 4.34. The van der Waals surface area contributed by atoms with E-state index in [1.807, 2.05) is 37.3 Å². The van der Waals surface area contributed by atoms with Crippen LogP contribution in [0.4, 0.5) is 0 Å². The quantitative estimate of drug-likeness (QED) is 0.228. The smallest absolute Gasteiger partial charge is 0.338 e. The maximum absolute atomic E-state index is 12.3. The van der Waals surface area contributed by atoms with E-state index in [1.54, 1.807) is 45.0 Å². The second-order valence-corrected chi connectivity index (χ2v) is 9.11. The highest BCUT2D eigenvalue weighted by Gasteiger charge is 2.23. The van der Waals surface area contributed by atoms with Gasteiger partial charge >= 0.3 is 17.9 Å². The zero-order valence-electron chi connectivity index (χ0n) is 21.6. The van der Waals surface area contributed by atoms with Gasteiger partial charge in [0.2, 0.25) is 0 Å². The molecule has 0 aromatic heterocycles. The lowest BCUT2D eigenvalue weighted by molar-refractivity contribution is -0.135. The van der Waals surface area contributed by atoms with Crippen LogP contribution in [0.5, 0.6) is 11.5 Å². The van der Waals surface area contributed by atoms with Crippen LogP contribution in [-0.2, 0) is 19.1 Å². The van der Waals surface area contributed by atoms with E-state index in [4.69, 9.17) is 14.2 Å². The molecule has 190 valence electrons. The van der Waals surface area contributed by atoms with E-state index >= 15 is 0 Å². The van der Waals surface area contributed by atoms with Crippen molar-refractivity contribution in [2.75, 3.05) is 0 Å². The third kappa shape index (κ3) is 6.82. The Morgan fingerprint density at radius 3 is 1.84 bits per heavy atom. The first kappa shape index (κ1) is 27.1. The van der Waals surface area contributed by atoms with Crippen LogP contribution in [-0.4, -0.2) is 17.9 Å². The highest BCUT2D eigenvalue weighted by molar-refractivity contribution is 5.91. The lowest BCUT2D eigenvalue weighted by Crippen LogP contribution is -2.13. The minimum Gasteiger partial charge on any atom is -0.428 e. The van der Waals surface area contributed by atoms with Crippen LogP contribution in [0.1, 0.15) is 39.7 Å². The summed E-state index contributed by atoms with van der Waals surface area (Å²) in [5, 5.41) is 0. The standard InChI is InChI=1S/C31H30O6/c1-18(2)29(32)35-24-11-8-22(9-12-24)23-10-15-28(37-31(34)20(5)6)27(17-23)26-14-13-25(16-21(26)7)36-30(33)19(3)4/h8-15,17,21H,1,3,5,16H2,2,4,6-7H3.